The van der Waals surface area contributed by atoms with Crippen LogP contribution in [-0.4, -0.2) is 21.4 Å². The lowest BCUT2D eigenvalue weighted by Crippen LogP contribution is -2.35. The number of benzene rings is 1. The van der Waals surface area contributed by atoms with Crippen molar-refractivity contribution in [2.75, 3.05) is 6.54 Å². The first-order valence-corrected chi connectivity index (χ1v) is 10.2. The van der Waals surface area contributed by atoms with Crippen LogP contribution < -0.4 is 5.56 Å². The molecule has 0 saturated heterocycles. The van der Waals surface area contributed by atoms with Crippen LogP contribution in [0.15, 0.2) is 39.5 Å². The van der Waals surface area contributed by atoms with Crippen molar-refractivity contribution in [3.05, 3.63) is 73.6 Å². The number of nitrogens with one attached hydrogen (secondary N) is 1. The molecule has 28 heavy (non-hydrogen) atoms. The molecule has 0 bridgehead atoms. The van der Waals surface area contributed by atoms with Crippen molar-refractivity contribution >= 4 is 23.2 Å². The fraction of sp³-hybridized carbons (Fsp3) is 0.333. The van der Waals surface area contributed by atoms with Gasteiger partial charge in [0.15, 0.2) is 0 Å². The van der Waals surface area contributed by atoms with Gasteiger partial charge in [-0.15, -0.1) is 0 Å². The van der Waals surface area contributed by atoms with Gasteiger partial charge in [0.1, 0.15) is 17.3 Å². The molecule has 0 saturated carbocycles. The number of rotatable bonds is 5. The van der Waals surface area contributed by atoms with Crippen LogP contribution in [0, 0.1) is 0 Å². The van der Waals surface area contributed by atoms with Crippen molar-refractivity contribution in [1.82, 2.24) is 14.9 Å². The highest BCUT2D eigenvalue weighted by molar-refractivity contribution is 6.42. The van der Waals surface area contributed by atoms with Gasteiger partial charge in [0.2, 0.25) is 0 Å². The van der Waals surface area contributed by atoms with Gasteiger partial charge in [-0.1, -0.05) is 30.1 Å². The van der Waals surface area contributed by atoms with Crippen molar-refractivity contribution in [2.45, 2.75) is 39.3 Å². The van der Waals surface area contributed by atoms with E-state index in [1.165, 1.54) is 0 Å². The number of hydrogen-bond donors (Lipinski definition) is 1. The van der Waals surface area contributed by atoms with Crippen LogP contribution in [0.2, 0.25) is 10.0 Å². The third kappa shape index (κ3) is 4.02. The number of H-pyrrole nitrogens is 1. The van der Waals surface area contributed by atoms with E-state index >= 15 is 0 Å². The highest BCUT2D eigenvalue weighted by atomic mass is 35.5. The third-order valence-electron chi connectivity index (χ3n) is 4.93. The van der Waals surface area contributed by atoms with Gasteiger partial charge in [0.25, 0.3) is 5.56 Å². The van der Waals surface area contributed by atoms with Gasteiger partial charge >= 0.3 is 0 Å². The van der Waals surface area contributed by atoms with E-state index in [0.29, 0.717) is 23.1 Å². The maximum Gasteiger partial charge on any atom is 0.255 e. The fourth-order valence-electron chi connectivity index (χ4n) is 3.51. The molecule has 0 radical (unpaired) electrons. The number of halogens is 2. The van der Waals surface area contributed by atoms with Crippen LogP contribution in [0.4, 0.5) is 0 Å². The summed E-state index contributed by atoms with van der Waals surface area (Å²) >= 11 is 12.1. The van der Waals surface area contributed by atoms with E-state index in [4.69, 9.17) is 27.6 Å². The lowest BCUT2D eigenvalue weighted by atomic mass is 10.1. The Morgan fingerprint density at radius 2 is 2.07 bits per heavy atom. The van der Waals surface area contributed by atoms with Gasteiger partial charge in [0, 0.05) is 31.5 Å². The van der Waals surface area contributed by atoms with Crippen molar-refractivity contribution < 1.29 is 4.42 Å². The van der Waals surface area contributed by atoms with Gasteiger partial charge in [-0.2, -0.15) is 0 Å². The van der Waals surface area contributed by atoms with E-state index in [1.54, 1.807) is 12.1 Å². The molecule has 146 valence electrons. The molecule has 1 aliphatic rings. The zero-order valence-corrected chi connectivity index (χ0v) is 17.1. The molecule has 0 amide bonds. The second kappa shape index (κ2) is 8.11. The van der Waals surface area contributed by atoms with Crippen LogP contribution in [0.25, 0.3) is 11.3 Å². The minimum atomic E-state index is -0.0194. The molecular formula is C21H21Cl2N3O2. The lowest BCUT2D eigenvalue weighted by molar-refractivity contribution is 0.223. The molecule has 2 aromatic heterocycles. The second-order valence-electron chi connectivity index (χ2n) is 7.04. The maximum absolute atomic E-state index is 12.4. The Labute approximate surface area is 173 Å². The quantitative estimate of drug-likeness (QED) is 0.644. The molecule has 3 heterocycles. The summed E-state index contributed by atoms with van der Waals surface area (Å²) in [5, 5.41) is 1.02. The van der Waals surface area contributed by atoms with Crippen LogP contribution in [0.3, 0.4) is 0 Å². The molecule has 0 aliphatic carbocycles. The molecule has 7 heteroatoms. The number of furan rings is 1. The zero-order chi connectivity index (χ0) is 19.7. The minimum absolute atomic E-state index is 0.0194. The Hall–Kier alpha value is -2.08. The van der Waals surface area contributed by atoms with Crippen molar-refractivity contribution in [1.29, 1.82) is 0 Å². The van der Waals surface area contributed by atoms with Gasteiger partial charge < -0.3 is 9.40 Å². The lowest BCUT2D eigenvalue weighted by Gasteiger charge is -2.26. The highest BCUT2D eigenvalue weighted by Gasteiger charge is 2.22. The fourth-order valence-corrected chi connectivity index (χ4v) is 3.81. The number of aromatic amines is 1. The number of hydrogen-bond acceptors (Lipinski definition) is 4. The van der Waals surface area contributed by atoms with Gasteiger partial charge in [0.05, 0.1) is 27.8 Å². The normalized spacial score (nSPS) is 14.2. The van der Waals surface area contributed by atoms with E-state index < -0.39 is 0 Å². The number of fused-ring (bicyclic) bond motifs is 1. The van der Waals surface area contributed by atoms with Crippen molar-refractivity contribution in [3.8, 4) is 11.3 Å². The molecule has 0 unspecified atom stereocenters. The molecule has 1 N–H and O–H groups in total. The summed E-state index contributed by atoms with van der Waals surface area (Å²) in [6.07, 6.45) is 2.54. The number of aryl methyl sites for hydroxylation is 1. The molecule has 4 rings (SSSR count). The Balaban J connectivity index is 1.48. The predicted octanol–water partition coefficient (Wildman–Crippen LogP) is 4.85. The second-order valence-corrected chi connectivity index (χ2v) is 7.86. The maximum atomic E-state index is 12.4. The summed E-state index contributed by atoms with van der Waals surface area (Å²) < 4.78 is 5.99. The Bertz CT molecular complexity index is 1060. The van der Waals surface area contributed by atoms with Crippen LogP contribution >= 0.6 is 23.2 Å². The molecular weight excluding hydrogens is 397 g/mol. The highest BCUT2D eigenvalue weighted by Crippen LogP contribution is 2.30. The molecule has 0 atom stereocenters. The molecule has 1 aliphatic heterocycles. The monoisotopic (exact) mass is 417 g/mol. The van der Waals surface area contributed by atoms with Crippen LogP contribution in [0.5, 0.6) is 0 Å². The molecule has 0 fully saturated rings. The summed E-state index contributed by atoms with van der Waals surface area (Å²) in [5.41, 5.74) is 2.56. The van der Waals surface area contributed by atoms with Crippen molar-refractivity contribution in [2.24, 2.45) is 0 Å². The summed E-state index contributed by atoms with van der Waals surface area (Å²) in [5.74, 6) is 2.38. The summed E-state index contributed by atoms with van der Waals surface area (Å²) in [4.78, 5) is 22.2. The standard InChI is InChI=1S/C21H21Cl2N3O2/c1-2-3-20-24-18-8-9-26(12-15(18)21(27)25-20)11-14-5-7-19(28-14)13-4-6-16(22)17(23)10-13/h4-7,10H,2-3,8-9,11-12H2,1H3,(H,24,25,27). The predicted molar refractivity (Wildman–Crippen MR) is 111 cm³/mol. The molecule has 1 aromatic carbocycles. The number of aromatic nitrogens is 2. The molecule has 5 nitrogen and oxygen atoms in total. The van der Waals surface area contributed by atoms with E-state index in [0.717, 1.165) is 60.0 Å². The first-order valence-electron chi connectivity index (χ1n) is 9.41. The van der Waals surface area contributed by atoms with E-state index in [2.05, 4.69) is 21.8 Å². The smallest absolute Gasteiger partial charge is 0.255 e. The molecule has 0 spiro atoms. The SMILES string of the molecule is CCCc1nc2c(c(=O)[nH]1)CN(Cc1ccc(-c3ccc(Cl)c(Cl)c3)o1)CC2. The third-order valence-corrected chi connectivity index (χ3v) is 5.67. The molecule has 3 aromatic rings. The Kier molecular flexibility index (Phi) is 5.58. The van der Waals surface area contributed by atoms with E-state index in [-0.39, 0.29) is 5.56 Å². The average Bonchev–Trinajstić information content (AvgIpc) is 3.13. The first-order chi connectivity index (χ1) is 13.5. The zero-order valence-electron chi connectivity index (χ0n) is 15.6. The van der Waals surface area contributed by atoms with E-state index in [9.17, 15) is 4.79 Å². The minimum Gasteiger partial charge on any atom is -0.460 e. The van der Waals surface area contributed by atoms with Crippen LogP contribution in [-0.2, 0) is 25.9 Å². The van der Waals surface area contributed by atoms with Crippen LogP contribution in [0.1, 0.15) is 36.2 Å². The largest absolute Gasteiger partial charge is 0.460 e. The van der Waals surface area contributed by atoms with Gasteiger partial charge in [-0.05, 0) is 36.8 Å². The van der Waals surface area contributed by atoms with E-state index in [1.807, 2.05) is 18.2 Å². The van der Waals surface area contributed by atoms with Gasteiger partial charge in [-0.3, -0.25) is 9.69 Å². The summed E-state index contributed by atoms with van der Waals surface area (Å²) in [6, 6.07) is 9.32. The Morgan fingerprint density at radius 3 is 2.86 bits per heavy atom. The first kappa shape index (κ1) is 19.2. The summed E-state index contributed by atoms with van der Waals surface area (Å²) in [7, 11) is 0. The summed E-state index contributed by atoms with van der Waals surface area (Å²) in [6.45, 7) is 4.14. The number of nitrogens with zero attached hydrogens (tertiary/aromatic N) is 2. The average molecular weight is 418 g/mol. The van der Waals surface area contributed by atoms with Gasteiger partial charge in [-0.25, -0.2) is 4.98 Å². The Morgan fingerprint density at radius 1 is 1.21 bits per heavy atom. The van der Waals surface area contributed by atoms with Crippen molar-refractivity contribution in [3.63, 3.8) is 0 Å². The topological polar surface area (TPSA) is 62.1 Å².